The molecule has 1 fully saturated rings. The molecule has 0 amide bonds. The zero-order valence-electron chi connectivity index (χ0n) is 13.6. The van der Waals surface area contributed by atoms with Gasteiger partial charge in [0, 0.05) is 33.1 Å². The van der Waals surface area contributed by atoms with E-state index in [1.54, 1.807) is 0 Å². The van der Waals surface area contributed by atoms with Crippen molar-refractivity contribution in [2.45, 2.75) is 26.3 Å². The van der Waals surface area contributed by atoms with Gasteiger partial charge in [-0.15, -0.1) is 10.2 Å². The average Bonchev–Trinajstić information content (AvgIpc) is 2.87. The number of rotatable bonds is 3. The third-order valence-electron chi connectivity index (χ3n) is 4.34. The molecule has 2 aromatic rings. The molecule has 0 aliphatic carbocycles. The first-order chi connectivity index (χ1) is 11.2. The molecule has 0 spiro atoms. The molecular weight excluding hydrogens is 290 g/mol. The number of hydrogen-bond donors (Lipinski definition) is 0. The molecule has 1 aromatic carbocycles. The summed E-state index contributed by atoms with van der Waals surface area (Å²) in [5.41, 5.74) is 1.76. The highest BCUT2D eigenvalue weighted by molar-refractivity contribution is 5.59. The topological polar surface area (TPSA) is 69.2 Å². The Morgan fingerprint density at radius 2 is 2.00 bits per heavy atom. The maximum atomic E-state index is 9.30. The lowest BCUT2D eigenvalue weighted by molar-refractivity contribution is 0.194. The van der Waals surface area contributed by atoms with Gasteiger partial charge in [-0.05, 0) is 25.5 Å². The van der Waals surface area contributed by atoms with Crippen molar-refractivity contribution in [3.8, 4) is 6.07 Å². The first kappa shape index (κ1) is 15.5. The lowest BCUT2D eigenvalue weighted by Crippen LogP contribution is -2.33. The summed E-state index contributed by atoms with van der Waals surface area (Å²) in [6, 6.07) is 10.2. The molecule has 1 saturated heterocycles. The summed E-state index contributed by atoms with van der Waals surface area (Å²) in [7, 11) is 0. The summed E-state index contributed by atoms with van der Waals surface area (Å²) in [5.74, 6) is 1.28. The standard InChI is InChI=1S/C17H21N5O/c1-13(17-20-19-14(2)23-17)21-8-5-9-22(11-10-21)16-7-4-3-6-15(16)12-18/h3-4,6-7,13H,5,8-11H2,1-2H3/t13-/m0/s1. The van der Waals surface area contributed by atoms with Crippen molar-refractivity contribution < 1.29 is 4.42 Å². The van der Waals surface area contributed by atoms with Gasteiger partial charge in [-0.3, -0.25) is 4.90 Å². The maximum absolute atomic E-state index is 9.30. The van der Waals surface area contributed by atoms with Gasteiger partial charge in [-0.25, -0.2) is 0 Å². The van der Waals surface area contributed by atoms with Crippen molar-refractivity contribution in [3.63, 3.8) is 0 Å². The molecular formula is C17H21N5O. The van der Waals surface area contributed by atoms with Crippen LogP contribution < -0.4 is 4.90 Å². The molecule has 23 heavy (non-hydrogen) atoms. The molecule has 0 unspecified atom stereocenters. The zero-order chi connectivity index (χ0) is 16.2. The Labute approximate surface area is 136 Å². The molecule has 0 saturated carbocycles. The monoisotopic (exact) mass is 311 g/mol. The second kappa shape index (κ2) is 6.80. The third-order valence-corrected chi connectivity index (χ3v) is 4.34. The number of anilines is 1. The SMILES string of the molecule is Cc1nnc([C@H](C)N2CCCN(c3ccccc3C#N)CC2)o1. The van der Waals surface area contributed by atoms with Crippen LogP contribution in [0.15, 0.2) is 28.7 Å². The summed E-state index contributed by atoms with van der Waals surface area (Å²) in [4.78, 5) is 4.66. The van der Waals surface area contributed by atoms with E-state index in [9.17, 15) is 5.26 Å². The summed E-state index contributed by atoms with van der Waals surface area (Å²) in [5, 5.41) is 17.4. The summed E-state index contributed by atoms with van der Waals surface area (Å²) < 4.78 is 5.57. The second-order valence-corrected chi connectivity index (χ2v) is 5.84. The Bertz CT molecular complexity index is 705. The van der Waals surface area contributed by atoms with Gasteiger partial charge < -0.3 is 9.32 Å². The first-order valence-corrected chi connectivity index (χ1v) is 7.97. The minimum Gasteiger partial charge on any atom is -0.424 e. The van der Waals surface area contributed by atoms with Crippen LogP contribution in [0.5, 0.6) is 0 Å². The highest BCUT2D eigenvalue weighted by Gasteiger charge is 2.24. The Balaban J connectivity index is 1.71. The number of aryl methyl sites for hydroxylation is 1. The van der Waals surface area contributed by atoms with E-state index in [1.807, 2.05) is 31.2 Å². The fraction of sp³-hybridized carbons (Fsp3) is 0.471. The quantitative estimate of drug-likeness (QED) is 0.867. The lowest BCUT2D eigenvalue weighted by atomic mass is 10.1. The number of aromatic nitrogens is 2. The van der Waals surface area contributed by atoms with E-state index in [4.69, 9.17) is 4.42 Å². The highest BCUT2D eigenvalue weighted by atomic mass is 16.4. The van der Waals surface area contributed by atoms with Crippen LogP contribution in [-0.2, 0) is 0 Å². The van der Waals surface area contributed by atoms with E-state index < -0.39 is 0 Å². The van der Waals surface area contributed by atoms with Crippen LogP contribution in [0.3, 0.4) is 0 Å². The van der Waals surface area contributed by atoms with Crippen molar-refractivity contribution in [1.82, 2.24) is 15.1 Å². The van der Waals surface area contributed by atoms with Gasteiger partial charge in [-0.2, -0.15) is 5.26 Å². The number of nitrogens with zero attached hydrogens (tertiary/aromatic N) is 5. The second-order valence-electron chi connectivity index (χ2n) is 5.84. The zero-order valence-corrected chi connectivity index (χ0v) is 13.6. The molecule has 6 nitrogen and oxygen atoms in total. The number of para-hydroxylation sites is 1. The molecule has 0 bridgehead atoms. The van der Waals surface area contributed by atoms with E-state index >= 15 is 0 Å². The molecule has 0 N–H and O–H groups in total. The fourth-order valence-electron chi connectivity index (χ4n) is 3.05. The van der Waals surface area contributed by atoms with Gasteiger partial charge >= 0.3 is 0 Å². The van der Waals surface area contributed by atoms with Crippen LogP contribution in [0.2, 0.25) is 0 Å². The third kappa shape index (κ3) is 3.35. The summed E-state index contributed by atoms with van der Waals surface area (Å²) in [6.45, 7) is 7.63. The van der Waals surface area contributed by atoms with Gasteiger partial charge in [0.2, 0.25) is 11.8 Å². The van der Waals surface area contributed by atoms with E-state index in [0.717, 1.165) is 43.9 Å². The van der Waals surface area contributed by atoms with E-state index in [1.165, 1.54) is 0 Å². The van der Waals surface area contributed by atoms with Gasteiger partial charge in [0.05, 0.1) is 17.3 Å². The highest BCUT2D eigenvalue weighted by Crippen LogP contribution is 2.24. The number of hydrogen-bond acceptors (Lipinski definition) is 6. The van der Waals surface area contributed by atoms with Crippen molar-refractivity contribution in [3.05, 3.63) is 41.6 Å². The van der Waals surface area contributed by atoms with E-state index in [0.29, 0.717) is 11.8 Å². The van der Waals surface area contributed by atoms with Crippen LogP contribution in [0.4, 0.5) is 5.69 Å². The van der Waals surface area contributed by atoms with Gasteiger partial charge in [0.1, 0.15) is 6.07 Å². The van der Waals surface area contributed by atoms with Crippen molar-refractivity contribution in [2.24, 2.45) is 0 Å². The molecule has 6 heteroatoms. The minimum atomic E-state index is 0.113. The molecule has 1 aliphatic heterocycles. The molecule has 1 aliphatic rings. The Kier molecular flexibility index (Phi) is 4.58. The van der Waals surface area contributed by atoms with Crippen molar-refractivity contribution in [1.29, 1.82) is 5.26 Å². The van der Waals surface area contributed by atoms with Gasteiger partial charge in [-0.1, -0.05) is 12.1 Å². The van der Waals surface area contributed by atoms with Crippen LogP contribution in [-0.4, -0.2) is 41.3 Å². The lowest BCUT2D eigenvalue weighted by Gasteiger charge is -2.26. The molecule has 2 heterocycles. The minimum absolute atomic E-state index is 0.113. The molecule has 1 aromatic heterocycles. The first-order valence-electron chi connectivity index (χ1n) is 7.97. The summed E-state index contributed by atoms with van der Waals surface area (Å²) in [6.07, 6.45) is 1.04. The molecule has 1 atom stereocenters. The average molecular weight is 311 g/mol. The predicted octanol–water partition coefficient (Wildman–Crippen LogP) is 2.52. The Morgan fingerprint density at radius 3 is 2.74 bits per heavy atom. The normalized spacial score (nSPS) is 17.5. The number of nitriles is 1. The van der Waals surface area contributed by atoms with E-state index in [-0.39, 0.29) is 6.04 Å². The van der Waals surface area contributed by atoms with Crippen molar-refractivity contribution >= 4 is 5.69 Å². The maximum Gasteiger partial charge on any atom is 0.233 e. The number of benzene rings is 1. The molecule has 0 radical (unpaired) electrons. The van der Waals surface area contributed by atoms with E-state index in [2.05, 4.69) is 33.0 Å². The van der Waals surface area contributed by atoms with Gasteiger partial charge in [0.25, 0.3) is 0 Å². The van der Waals surface area contributed by atoms with Gasteiger partial charge in [0.15, 0.2) is 0 Å². The summed E-state index contributed by atoms with van der Waals surface area (Å²) >= 11 is 0. The molecule has 120 valence electrons. The largest absolute Gasteiger partial charge is 0.424 e. The van der Waals surface area contributed by atoms with Crippen molar-refractivity contribution in [2.75, 3.05) is 31.1 Å². The Morgan fingerprint density at radius 1 is 1.17 bits per heavy atom. The molecule has 3 rings (SSSR count). The van der Waals surface area contributed by atoms with Crippen LogP contribution >= 0.6 is 0 Å². The van der Waals surface area contributed by atoms with Crippen LogP contribution in [0.1, 0.15) is 36.7 Å². The van der Waals surface area contributed by atoms with Crippen LogP contribution in [0, 0.1) is 18.3 Å². The van der Waals surface area contributed by atoms with Crippen LogP contribution in [0.25, 0.3) is 0 Å². The Hall–Kier alpha value is -2.39. The smallest absolute Gasteiger partial charge is 0.233 e. The fourth-order valence-corrected chi connectivity index (χ4v) is 3.05. The predicted molar refractivity (Wildman–Crippen MR) is 87.0 cm³/mol.